The Balaban J connectivity index is 0.000000150. The lowest BCUT2D eigenvalue weighted by molar-refractivity contribution is -0.174. The minimum atomic E-state index is -3.57. The summed E-state index contributed by atoms with van der Waals surface area (Å²) in [6.07, 6.45) is -9.82. The third-order valence-electron chi connectivity index (χ3n) is 13.4. The molecule has 11 rings (SSSR count). The van der Waals surface area contributed by atoms with Crippen molar-refractivity contribution < 1.29 is 54.2 Å². The number of aromatic amines is 5. The SMILES string of the molecule is Cc1n[nH]c(C)c1-c1cc(-c2c(C)noc2C)cc(N)c1N.Cc1n[nH]c(C)c1-c1cc(-c2c(C)noc2C)cc2[nH]c(C(F)F)nc12.Cc1nc2c(-c3c(C)n[nH]c3C)cc(-c3c(C)noc3C)cc2[nH]1.O=C(OC(=O)C(F)F)C(F)F. The number of carbonyl (C=O) groups excluding carboxylic acids is 2. The van der Waals surface area contributed by atoms with Crippen molar-refractivity contribution in [3.8, 4) is 66.8 Å². The number of nitrogens with zero attached hydrogens (tertiary/aromatic N) is 8. The van der Waals surface area contributed by atoms with E-state index in [1.807, 2.05) is 108 Å². The number of fused-ring (bicyclic) bond motifs is 2. The van der Waals surface area contributed by atoms with Gasteiger partial charge in [-0.3, -0.25) is 15.3 Å². The molecule has 0 amide bonds. The summed E-state index contributed by atoms with van der Waals surface area (Å²) in [5.41, 5.74) is 35.6. The molecule has 0 fully saturated rings. The lowest BCUT2D eigenvalue weighted by Crippen LogP contribution is -2.23. The van der Waals surface area contributed by atoms with Crippen LogP contribution in [0.3, 0.4) is 0 Å². The maximum Gasteiger partial charge on any atom is 0.381 e. The number of hydrogen-bond acceptors (Lipinski definition) is 16. The second-order valence-corrected chi connectivity index (χ2v) is 19.5. The van der Waals surface area contributed by atoms with E-state index in [2.05, 4.69) is 82.9 Å². The lowest BCUT2D eigenvalue weighted by Gasteiger charge is -2.12. The Bertz CT molecular complexity index is 4080. The number of nitrogen functional groups attached to an aromatic ring is 2. The molecule has 8 heterocycles. The predicted molar refractivity (Wildman–Crippen MR) is 296 cm³/mol. The number of hydrogen-bond donors (Lipinski definition) is 7. The summed E-state index contributed by atoms with van der Waals surface area (Å²) >= 11 is 0. The lowest BCUT2D eigenvalue weighted by atomic mass is 9.94. The van der Waals surface area contributed by atoms with Crippen molar-refractivity contribution in [3.05, 3.63) is 117 Å². The molecule has 0 atom stereocenters. The van der Waals surface area contributed by atoms with E-state index in [4.69, 9.17) is 25.0 Å². The molecule has 434 valence electrons. The monoisotopic (exact) mass is 1150 g/mol. The molecule has 27 heteroatoms. The van der Waals surface area contributed by atoms with Crippen molar-refractivity contribution in [2.24, 2.45) is 0 Å². The van der Waals surface area contributed by atoms with Gasteiger partial charge in [-0.15, -0.1) is 0 Å². The Morgan fingerprint density at radius 2 is 0.831 bits per heavy atom. The van der Waals surface area contributed by atoms with Gasteiger partial charge < -0.3 is 39.7 Å². The Kier molecular flexibility index (Phi) is 16.9. The number of aromatic nitrogens is 13. The van der Waals surface area contributed by atoms with Crippen molar-refractivity contribution in [3.63, 3.8) is 0 Å². The highest BCUT2D eigenvalue weighted by Crippen LogP contribution is 2.42. The van der Waals surface area contributed by atoms with E-state index in [-0.39, 0.29) is 5.82 Å². The highest BCUT2D eigenvalue weighted by atomic mass is 19.3. The first-order chi connectivity index (χ1) is 39.2. The molecule has 0 aliphatic carbocycles. The molecule has 0 bridgehead atoms. The van der Waals surface area contributed by atoms with Crippen LogP contribution in [-0.4, -0.2) is 90.8 Å². The largest absolute Gasteiger partial charge is 0.397 e. The first-order valence-corrected chi connectivity index (χ1v) is 25.4. The van der Waals surface area contributed by atoms with E-state index in [0.717, 1.165) is 146 Å². The normalized spacial score (nSPS) is 11.3. The van der Waals surface area contributed by atoms with E-state index in [1.54, 1.807) is 6.07 Å². The number of H-pyrrole nitrogens is 5. The van der Waals surface area contributed by atoms with Gasteiger partial charge in [-0.2, -0.15) is 32.9 Å². The van der Waals surface area contributed by atoms with Gasteiger partial charge in [0.25, 0.3) is 6.43 Å². The zero-order valence-corrected chi connectivity index (χ0v) is 47.1. The number of benzene rings is 3. The van der Waals surface area contributed by atoms with Crippen LogP contribution in [0, 0.1) is 90.0 Å². The topological polar surface area (TPSA) is 317 Å². The summed E-state index contributed by atoms with van der Waals surface area (Å²) in [6.45, 7) is 25.0. The van der Waals surface area contributed by atoms with Crippen molar-refractivity contribution >= 4 is 45.4 Å². The number of ether oxygens (including phenoxy) is 1. The van der Waals surface area contributed by atoms with Crippen molar-refractivity contribution in [2.75, 3.05) is 11.5 Å². The summed E-state index contributed by atoms with van der Waals surface area (Å²) in [5.74, 6) is -1.76. The van der Waals surface area contributed by atoms with Gasteiger partial charge >= 0.3 is 24.8 Å². The van der Waals surface area contributed by atoms with Crippen LogP contribution in [0.5, 0.6) is 0 Å². The van der Waals surface area contributed by atoms with E-state index in [9.17, 15) is 35.9 Å². The molecule has 0 saturated carbocycles. The van der Waals surface area contributed by atoms with Gasteiger partial charge in [-0.05, 0) is 143 Å². The number of imidazole rings is 2. The number of nitrogens with two attached hydrogens (primary N) is 2. The predicted octanol–water partition coefficient (Wildman–Crippen LogP) is 12.6. The van der Waals surface area contributed by atoms with E-state index >= 15 is 0 Å². The van der Waals surface area contributed by atoms with Crippen LogP contribution >= 0.6 is 0 Å². The second kappa shape index (κ2) is 23.7. The third kappa shape index (κ3) is 12.0. The first kappa shape index (κ1) is 59.3. The Morgan fingerprint density at radius 3 is 1.18 bits per heavy atom. The Morgan fingerprint density at radius 1 is 0.470 bits per heavy atom. The molecule has 0 aliphatic rings. The molecule has 21 nitrogen and oxygen atoms in total. The van der Waals surface area contributed by atoms with Gasteiger partial charge in [0.2, 0.25) is 0 Å². The zero-order chi connectivity index (χ0) is 60.6. The number of halogens is 6. The van der Waals surface area contributed by atoms with Gasteiger partial charge in [0.05, 0.1) is 67.6 Å². The smallest absolute Gasteiger partial charge is 0.381 e. The average molecular weight is 1150 g/mol. The number of esters is 2. The van der Waals surface area contributed by atoms with Crippen LogP contribution in [0.25, 0.3) is 88.8 Å². The molecule has 0 radical (unpaired) electrons. The van der Waals surface area contributed by atoms with Crippen molar-refractivity contribution in [1.29, 1.82) is 0 Å². The van der Waals surface area contributed by atoms with Crippen LogP contribution in [0.1, 0.15) is 86.6 Å². The van der Waals surface area contributed by atoms with Gasteiger partial charge in [0.15, 0.2) is 5.82 Å². The summed E-state index contributed by atoms with van der Waals surface area (Å²) in [6, 6.07) is 11.9. The van der Waals surface area contributed by atoms with Crippen LogP contribution in [0.4, 0.5) is 37.7 Å². The molecule has 8 aromatic heterocycles. The molecular weight excluding hydrogens is 1090 g/mol. The van der Waals surface area contributed by atoms with E-state index in [1.165, 1.54) is 0 Å². The van der Waals surface area contributed by atoms with Crippen molar-refractivity contribution in [1.82, 2.24) is 66.0 Å². The molecule has 83 heavy (non-hydrogen) atoms. The standard InChI is InChI=1S/C18H17F2N5O.C18H19N5O.C16H19N5O.C4H2F4O3/c1-7-14(8(2)24-23-7)12-5-11(15-9(3)25-26-10(15)4)6-13-16(12)22-18(21-13)17(19)20;1-8-16(9(2)22-21-8)14-6-13(17-10(3)23-24-11(17)4)7-15-18(14)20-12(5)19-15;1-7-14(8(2)20-19-7)12-5-11(6-13(17)16(12)18)15-9(3)21-22-10(15)4;5-1(6)3(9)11-4(10)2(7)8/h5-6,17H,1-4H3,(H,21,22)(H,23,24);6-7H,1-5H3,(H,19,20)(H,21,22);5-6H,17-18H2,1-4H3,(H,19,20);1-2H. The number of nitrogens with one attached hydrogen (secondary N) is 5. The second-order valence-electron chi connectivity index (χ2n) is 19.5. The highest BCUT2D eigenvalue weighted by Gasteiger charge is 2.27. The van der Waals surface area contributed by atoms with Crippen LogP contribution in [0.15, 0.2) is 50.0 Å². The molecular formula is C56H57F6N15O6. The van der Waals surface area contributed by atoms with Crippen molar-refractivity contribution in [2.45, 2.75) is 109 Å². The maximum atomic E-state index is 13.2. The summed E-state index contributed by atoms with van der Waals surface area (Å²) in [7, 11) is 0. The number of carbonyl (C=O) groups is 2. The molecule has 0 aliphatic heterocycles. The summed E-state index contributed by atoms with van der Waals surface area (Å²) in [5, 5.41) is 33.9. The fraction of sp³-hybridized carbons (Fsp3) is 0.286. The number of alkyl halides is 6. The minimum Gasteiger partial charge on any atom is -0.397 e. The van der Waals surface area contributed by atoms with Gasteiger partial charge in [0.1, 0.15) is 23.1 Å². The van der Waals surface area contributed by atoms with Crippen LogP contribution in [-0.2, 0) is 14.3 Å². The Hall–Kier alpha value is -9.82. The minimum absolute atomic E-state index is 0.351. The number of rotatable bonds is 9. The van der Waals surface area contributed by atoms with E-state index in [0.29, 0.717) is 28.2 Å². The van der Waals surface area contributed by atoms with Crippen LogP contribution < -0.4 is 11.5 Å². The van der Waals surface area contributed by atoms with Gasteiger partial charge in [-0.1, -0.05) is 15.5 Å². The Labute approximate surface area is 468 Å². The average Bonchev–Trinajstić information content (AvgIpc) is 3.09. The number of aryl methyl sites for hydroxylation is 13. The molecule has 11 aromatic rings. The maximum absolute atomic E-state index is 13.2. The summed E-state index contributed by atoms with van der Waals surface area (Å²) in [4.78, 5) is 34.4. The van der Waals surface area contributed by atoms with Gasteiger partial charge in [0, 0.05) is 67.2 Å². The van der Waals surface area contributed by atoms with Crippen LogP contribution in [0.2, 0.25) is 0 Å². The number of anilines is 2. The quantitative estimate of drug-likeness (QED) is 0.0306. The highest BCUT2D eigenvalue weighted by molar-refractivity contribution is 5.99. The fourth-order valence-electron chi connectivity index (χ4n) is 9.89. The van der Waals surface area contributed by atoms with E-state index < -0.39 is 31.2 Å². The fourth-order valence-corrected chi connectivity index (χ4v) is 9.89. The first-order valence-electron chi connectivity index (χ1n) is 25.4. The van der Waals surface area contributed by atoms with Gasteiger partial charge in [-0.25, -0.2) is 28.3 Å². The zero-order valence-electron chi connectivity index (χ0n) is 47.1. The molecule has 0 unspecified atom stereocenters. The molecule has 0 saturated heterocycles. The third-order valence-corrected chi connectivity index (χ3v) is 13.4. The molecule has 0 spiro atoms. The molecule has 9 N–H and O–H groups in total. The summed E-state index contributed by atoms with van der Waals surface area (Å²) < 4.78 is 90.0. The molecule has 3 aromatic carbocycles.